The average Bonchev–Trinajstić information content (AvgIpc) is 3.07. The maximum atomic E-state index is 13.1. The van der Waals surface area contributed by atoms with Crippen LogP contribution in [-0.4, -0.2) is 20.4 Å². The second kappa shape index (κ2) is 8.96. The molecule has 32 heavy (non-hydrogen) atoms. The van der Waals surface area contributed by atoms with Gasteiger partial charge in [-0.2, -0.15) is 0 Å². The van der Waals surface area contributed by atoms with Gasteiger partial charge in [0.1, 0.15) is 17.3 Å². The van der Waals surface area contributed by atoms with Crippen molar-refractivity contribution in [2.45, 2.75) is 37.8 Å². The van der Waals surface area contributed by atoms with Crippen LogP contribution in [0.2, 0.25) is 0 Å². The molecule has 0 radical (unpaired) electrons. The first-order valence-corrected chi connectivity index (χ1v) is 12.4. The van der Waals surface area contributed by atoms with E-state index in [1.165, 1.54) is 6.92 Å². The lowest BCUT2D eigenvalue weighted by atomic mass is 10.1. The van der Waals surface area contributed by atoms with E-state index in [-0.39, 0.29) is 16.8 Å². The van der Waals surface area contributed by atoms with Crippen LogP contribution >= 0.6 is 15.9 Å². The van der Waals surface area contributed by atoms with E-state index in [4.69, 9.17) is 4.74 Å². The van der Waals surface area contributed by atoms with E-state index in [1.807, 2.05) is 37.3 Å². The zero-order chi connectivity index (χ0) is 22.9. The zero-order valence-electron chi connectivity index (χ0n) is 17.7. The molecule has 0 spiro atoms. The Hall–Kier alpha value is -2.84. The third-order valence-corrected chi connectivity index (χ3v) is 7.67. The van der Waals surface area contributed by atoms with Crippen LogP contribution < -0.4 is 14.4 Å². The molecule has 1 heterocycles. The number of amides is 1. The SMILES string of the molecule is CC(=O)N1c2cc(S(=O)(=O)Nc3ccc(OCc4ccccc4)cc3)c(Br)cc2CC1C. The molecule has 0 aromatic heterocycles. The van der Waals surface area contributed by atoms with Crippen LogP contribution in [0.1, 0.15) is 25.0 Å². The van der Waals surface area contributed by atoms with Crippen LogP contribution in [0, 0.1) is 0 Å². The van der Waals surface area contributed by atoms with E-state index in [9.17, 15) is 13.2 Å². The van der Waals surface area contributed by atoms with Gasteiger partial charge in [0, 0.05) is 28.8 Å². The lowest BCUT2D eigenvalue weighted by Crippen LogP contribution is -2.33. The lowest BCUT2D eigenvalue weighted by Gasteiger charge is -2.21. The van der Waals surface area contributed by atoms with Crippen LogP contribution in [0.25, 0.3) is 0 Å². The maximum absolute atomic E-state index is 13.1. The lowest BCUT2D eigenvalue weighted by molar-refractivity contribution is -0.116. The van der Waals surface area contributed by atoms with Crippen molar-refractivity contribution < 1.29 is 17.9 Å². The number of hydrogen-bond donors (Lipinski definition) is 1. The number of benzene rings is 3. The van der Waals surface area contributed by atoms with Crippen molar-refractivity contribution in [2.75, 3.05) is 9.62 Å². The van der Waals surface area contributed by atoms with Gasteiger partial charge >= 0.3 is 0 Å². The molecule has 0 bridgehead atoms. The number of halogens is 1. The van der Waals surface area contributed by atoms with E-state index in [2.05, 4.69) is 20.7 Å². The van der Waals surface area contributed by atoms with E-state index < -0.39 is 10.0 Å². The number of anilines is 2. The molecular formula is C24H23BrN2O4S. The summed E-state index contributed by atoms with van der Waals surface area (Å²) in [4.78, 5) is 13.8. The molecule has 0 fully saturated rings. The highest BCUT2D eigenvalue weighted by molar-refractivity contribution is 9.10. The van der Waals surface area contributed by atoms with Gasteiger partial charge in [0.2, 0.25) is 5.91 Å². The van der Waals surface area contributed by atoms with Crippen molar-refractivity contribution in [1.29, 1.82) is 0 Å². The number of hydrogen-bond acceptors (Lipinski definition) is 4. The quantitative estimate of drug-likeness (QED) is 0.494. The number of fused-ring (bicyclic) bond motifs is 1. The third kappa shape index (κ3) is 4.66. The van der Waals surface area contributed by atoms with Crippen molar-refractivity contribution in [3.05, 3.63) is 82.3 Å². The normalized spacial score (nSPS) is 15.3. The zero-order valence-corrected chi connectivity index (χ0v) is 20.1. The van der Waals surface area contributed by atoms with Gasteiger partial charge in [0.25, 0.3) is 10.0 Å². The first-order valence-electron chi connectivity index (χ1n) is 10.2. The van der Waals surface area contributed by atoms with Crippen molar-refractivity contribution >= 4 is 43.2 Å². The number of nitrogens with one attached hydrogen (secondary N) is 1. The topological polar surface area (TPSA) is 75.7 Å². The fourth-order valence-electron chi connectivity index (χ4n) is 3.87. The molecule has 0 saturated carbocycles. The van der Waals surface area contributed by atoms with Crippen molar-refractivity contribution in [2.24, 2.45) is 0 Å². The molecule has 4 rings (SSSR count). The summed E-state index contributed by atoms with van der Waals surface area (Å²) < 4.78 is 35.0. The summed E-state index contributed by atoms with van der Waals surface area (Å²) in [5.41, 5.74) is 3.05. The molecule has 1 aliphatic rings. The molecule has 3 aromatic carbocycles. The highest BCUT2D eigenvalue weighted by atomic mass is 79.9. The van der Waals surface area contributed by atoms with Gasteiger partial charge in [-0.05, 0) is 76.8 Å². The predicted octanol–water partition coefficient (Wildman–Crippen LogP) is 5.13. The van der Waals surface area contributed by atoms with E-state index in [0.29, 0.717) is 34.6 Å². The number of ether oxygens (including phenoxy) is 1. The van der Waals surface area contributed by atoms with Crippen LogP contribution in [0.15, 0.2) is 76.1 Å². The van der Waals surface area contributed by atoms with Crippen molar-refractivity contribution in [3.63, 3.8) is 0 Å². The minimum absolute atomic E-state index is 0.0104. The summed E-state index contributed by atoms with van der Waals surface area (Å²) in [7, 11) is -3.88. The monoisotopic (exact) mass is 514 g/mol. The number of nitrogens with zero attached hydrogens (tertiary/aromatic N) is 1. The average molecular weight is 515 g/mol. The van der Waals surface area contributed by atoms with Gasteiger partial charge in [-0.15, -0.1) is 0 Å². The third-order valence-electron chi connectivity index (χ3n) is 5.33. The summed E-state index contributed by atoms with van der Waals surface area (Å²) in [6.45, 7) is 3.86. The first kappa shape index (κ1) is 22.4. The molecular weight excluding hydrogens is 492 g/mol. The summed E-state index contributed by atoms with van der Waals surface area (Å²) in [6, 6.07) is 19.9. The molecule has 6 nitrogen and oxygen atoms in total. The molecule has 1 unspecified atom stereocenters. The molecule has 8 heteroatoms. The Balaban J connectivity index is 1.52. The highest BCUT2D eigenvalue weighted by Crippen LogP contribution is 2.38. The summed E-state index contributed by atoms with van der Waals surface area (Å²) in [6.07, 6.45) is 0.686. The highest BCUT2D eigenvalue weighted by Gasteiger charge is 2.32. The Bertz CT molecular complexity index is 1240. The van der Waals surface area contributed by atoms with Crippen LogP contribution in [0.4, 0.5) is 11.4 Å². The molecule has 1 atom stereocenters. The molecule has 0 aliphatic carbocycles. The van der Waals surface area contributed by atoms with E-state index >= 15 is 0 Å². The summed E-state index contributed by atoms with van der Waals surface area (Å²) in [5.74, 6) is 0.530. The Morgan fingerprint density at radius 2 is 1.81 bits per heavy atom. The Labute approximate surface area is 196 Å². The largest absolute Gasteiger partial charge is 0.489 e. The second-order valence-electron chi connectivity index (χ2n) is 7.76. The van der Waals surface area contributed by atoms with Gasteiger partial charge in [-0.3, -0.25) is 9.52 Å². The van der Waals surface area contributed by atoms with E-state index in [1.54, 1.807) is 41.3 Å². The molecule has 1 aliphatic heterocycles. The fourth-order valence-corrected chi connectivity index (χ4v) is 6.04. The minimum atomic E-state index is -3.88. The number of sulfonamides is 1. The van der Waals surface area contributed by atoms with Crippen molar-refractivity contribution in [1.82, 2.24) is 0 Å². The van der Waals surface area contributed by atoms with E-state index in [0.717, 1.165) is 11.1 Å². The van der Waals surface area contributed by atoms with Crippen LogP contribution in [-0.2, 0) is 27.8 Å². The second-order valence-corrected chi connectivity index (χ2v) is 10.3. The Morgan fingerprint density at radius 1 is 1.12 bits per heavy atom. The summed E-state index contributed by atoms with van der Waals surface area (Å²) >= 11 is 3.39. The minimum Gasteiger partial charge on any atom is -0.489 e. The molecule has 166 valence electrons. The van der Waals surface area contributed by atoms with Gasteiger partial charge in [0.05, 0.1) is 0 Å². The maximum Gasteiger partial charge on any atom is 0.263 e. The van der Waals surface area contributed by atoms with Gasteiger partial charge < -0.3 is 9.64 Å². The van der Waals surface area contributed by atoms with Crippen LogP contribution in [0.5, 0.6) is 5.75 Å². The van der Waals surface area contributed by atoms with Gasteiger partial charge in [-0.1, -0.05) is 30.3 Å². The number of carbonyl (C=O) groups excluding carboxylic acids is 1. The number of carbonyl (C=O) groups is 1. The molecule has 1 amide bonds. The standard InChI is InChI=1S/C24H23BrN2O4S/c1-16-12-19-13-22(25)24(14-23(19)27(16)17(2)28)32(29,30)26-20-8-10-21(11-9-20)31-15-18-6-4-3-5-7-18/h3-11,13-14,16,26H,12,15H2,1-2H3. The smallest absolute Gasteiger partial charge is 0.263 e. The predicted molar refractivity (Wildman–Crippen MR) is 128 cm³/mol. The number of rotatable bonds is 6. The Kier molecular flexibility index (Phi) is 6.26. The Morgan fingerprint density at radius 3 is 2.47 bits per heavy atom. The molecule has 3 aromatic rings. The van der Waals surface area contributed by atoms with Gasteiger partial charge in [-0.25, -0.2) is 8.42 Å². The summed E-state index contributed by atoms with van der Waals surface area (Å²) in [5, 5.41) is 0. The van der Waals surface area contributed by atoms with Gasteiger partial charge in [0.15, 0.2) is 0 Å². The molecule has 1 N–H and O–H groups in total. The van der Waals surface area contributed by atoms with Crippen molar-refractivity contribution in [3.8, 4) is 5.75 Å². The molecule has 0 saturated heterocycles. The van der Waals surface area contributed by atoms with Crippen LogP contribution in [0.3, 0.4) is 0 Å². The first-order chi connectivity index (χ1) is 15.2. The fraction of sp³-hybridized carbons (Fsp3) is 0.208.